The average molecular weight is 450 g/mol. The van der Waals surface area contributed by atoms with E-state index in [4.69, 9.17) is 8.83 Å². The maximum Gasteiger partial charge on any atom is 0.416 e. The topological polar surface area (TPSA) is 43.4 Å². The van der Waals surface area contributed by atoms with E-state index >= 15 is 0 Å². The molecule has 0 bridgehead atoms. The molecule has 164 valence electrons. The molecule has 0 aliphatic rings. The van der Waals surface area contributed by atoms with Gasteiger partial charge in [-0.2, -0.15) is 26.3 Å². The van der Waals surface area contributed by atoms with Crippen LogP contribution in [-0.2, 0) is 12.4 Å². The molecule has 0 amide bonds. The van der Waals surface area contributed by atoms with E-state index in [1.54, 1.807) is 0 Å². The van der Waals surface area contributed by atoms with E-state index in [0.717, 1.165) is 24.3 Å². The van der Waals surface area contributed by atoms with Crippen LogP contribution in [-0.4, -0.2) is 5.78 Å². The van der Waals surface area contributed by atoms with E-state index in [2.05, 4.69) is 0 Å². The van der Waals surface area contributed by atoms with Gasteiger partial charge in [0.2, 0.25) is 0 Å². The molecule has 32 heavy (non-hydrogen) atoms. The Hall–Kier alpha value is -3.75. The van der Waals surface area contributed by atoms with Crippen molar-refractivity contribution < 1.29 is 40.0 Å². The van der Waals surface area contributed by atoms with Gasteiger partial charge in [-0.1, -0.05) is 24.3 Å². The minimum Gasteiger partial charge on any atom is -0.460 e. The Morgan fingerprint density at radius 1 is 0.562 bits per heavy atom. The van der Waals surface area contributed by atoms with Crippen molar-refractivity contribution >= 4 is 5.78 Å². The van der Waals surface area contributed by atoms with Crippen molar-refractivity contribution in [2.45, 2.75) is 12.4 Å². The lowest BCUT2D eigenvalue weighted by Gasteiger charge is -2.08. The van der Waals surface area contributed by atoms with E-state index in [1.807, 2.05) is 0 Å². The summed E-state index contributed by atoms with van der Waals surface area (Å²) in [5.41, 5.74) is -0.547. The normalized spacial score (nSPS) is 12.2. The van der Waals surface area contributed by atoms with Crippen molar-refractivity contribution in [2.75, 3.05) is 0 Å². The van der Waals surface area contributed by atoms with Gasteiger partial charge in [-0.05, 0) is 47.5 Å². The fourth-order valence-electron chi connectivity index (χ4n) is 3.21. The van der Waals surface area contributed by atoms with Crippen LogP contribution in [0.25, 0.3) is 22.3 Å². The highest BCUT2D eigenvalue weighted by atomic mass is 19.4. The van der Waals surface area contributed by atoms with Gasteiger partial charge in [0.25, 0.3) is 5.78 Å². The molecule has 0 spiro atoms. The molecule has 0 atom stereocenters. The SMILES string of the molecule is O=C(c1occc1-c1ccc(C(F)(F)F)cc1)c1occc1-c1ccc(C(F)(F)F)cc1. The number of hydrogen-bond donors (Lipinski definition) is 0. The molecule has 0 N–H and O–H groups in total. The Morgan fingerprint density at radius 2 is 0.906 bits per heavy atom. The number of ketones is 1. The van der Waals surface area contributed by atoms with Crippen LogP contribution in [0.2, 0.25) is 0 Å². The van der Waals surface area contributed by atoms with E-state index in [1.165, 1.54) is 48.9 Å². The first-order chi connectivity index (χ1) is 15.1. The van der Waals surface area contributed by atoms with Crippen molar-refractivity contribution in [3.05, 3.63) is 95.8 Å². The number of carbonyl (C=O) groups excluding carboxylic acids is 1. The molecule has 4 rings (SSSR count). The Bertz CT molecular complexity index is 1140. The van der Waals surface area contributed by atoms with Crippen LogP contribution < -0.4 is 0 Å². The molecule has 0 radical (unpaired) electrons. The highest BCUT2D eigenvalue weighted by Crippen LogP contribution is 2.35. The number of carbonyl (C=O) groups is 1. The van der Waals surface area contributed by atoms with Gasteiger partial charge in [-0.15, -0.1) is 0 Å². The molecular weight excluding hydrogens is 438 g/mol. The summed E-state index contributed by atoms with van der Waals surface area (Å²) in [4.78, 5) is 13.1. The molecule has 2 heterocycles. The Kier molecular flexibility index (Phi) is 5.20. The minimum absolute atomic E-state index is 0.173. The van der Waals surface area contributed by atoms with Gasteiger partial charge in [-0.3, -0.25) is 4.79 Å². The second kappa shape index (κ2) is 7.74. The van der Waals surface area contributed by atoms with Gasteiger partial charge in [0.15, 0.2) is 11.5 Å². The Morgan fingerprint density at radius 3 is 1.22 bits per heavy atom. The summed E-state index contributed by atoms with van der Waals surface area (Å²) in [5.74, 6) is -1.05. The summed E-state index contributed by atoms with van der Waals surface area (Å²) in [7, 11) is 0. The summed E-state index contributed by atoms with van der Waals surface area (Å²) < 4.78 is 87.4. The van der Waals surface area contributed by atoms with Crippen LogP contribution >= 0.6 is 0 Å². The zero-order chi connectivity index (χ0) is 23.1. The smallest absolute Gasteiger partial charge is 0.416 e. The molecule has 2 aromatic carbocycles. The fraction of sp³-hybridized carbons (Fsp3) is 0.0870. The highest BCUT2D eigenvalue weighted by Gasteiger charge is 2.32. The first kappa shape index (κ1) is 21.5. The fourth-order valence-corrected chi connectivity index (χ4v) is 3.21. The van der Waals surface area contributed by atoms with Gasteiger partial charge in [-0.25, -0.2) is 0 Å². The van der Waals surface area contributed by atoms with Crippen molar-refractivity contribution in [3.8, 4) is 22.3 Å². The maximum absolute atomic E-state index is 13.1. The first-order valence-electron chi connectivity index (χ1n) is 9.10. The van der Waals surface area contributed by atoms with Crippen molar-refractivity contribution in [1.29, 1.82) is 0 Å². The summed E-state index contributed by atoms with van der Waals surface area (Å²) in [6.07, 6.45) is -6.58. The van der Waals surface area contributed by atoms with Crippen LogP contribution in [0, 0.1) is 0 Å². The third-order valence-corrected chi connectivity index (χ3v) is 4.79. The molecule has 0 saturated heterocycles. The average Bonchev–Trinajstić information content (AvgIpc) is 3.42. The Balaban J connectivity index is 1.67. The zero-order valence-electron chi connectivity index (χ0n) is 15.9. The van der Waals surface area contributed by atoms with Crippen LogP contribution in [0.15, 0.2) is 82.0 Å². The van der Waals surface area contributed by atoms with Crippen LogP contribution in [0.4, 0.5) is 26.3 Å². The van der Waals surface area contributed by atoms with Crippen LogP contribution in [0.3, 0.4) is 0 Å². The van der Waals surface area contributed by atoms with E-state index in [-0.39, 0.29) is 22.6 Å². The molecule has 3 nitrogen and oxygen atoms in total. The second-order valence-corrected chi connectivity index (χ2v) is 6.81. The molecule has 4 aromatic rings. The summed E-state index contributed by atoms with van der Waals surface area (Å²) in [6.45, 7) is 0. The lowest BCUT2D eigenvalue weighted by atomic mass is 9.98. The highest BCUT2D eigenvalue weighted by molar-refractivity contribution is 6.12. The molecule has 0 fully saturated rings. The maximum atomic E-state index is 13.1. The number of alkyl halides is 6. The van der Waals surface area contributed by atoms with Gasteiger partial charge < -0.3 is 8.83 Å². The predicted molar refractivity (Wildman–Crippen MR) is 102 cm³/mol. The third-order valence-electron chi connectivity index (χ3n) is 4.79. The first-order valence-corrected chi connectivity index (χ1v) is 9.10. The molecular formula is C23H12F6O3. The van der Waals surface area contributed by atoms with E-state index in [9.17, 15) is 31.1 Å². The van der Waals surface area contributed by atoms with Crippen LogP contribution in [0.5, 0.6) is 0 Å². The number of rotatable bonds is 4. The molecule has 0 aliphatic heterocycles. The summed E-state index contributed by atoms with van der Waals surface area (Å²) in [6, 6.07) is 11.2. The monoisotopic (exact) mass is 450 g/mol. The summed E-state index contributed by atoms with van der Waals surface area (Å²) >= 11 is 0. The van der Waals surface area contributed by atoms with Gasteiger partial charge in [0.1, 0.15) is 0 Å². The molecule has 0 unspecified atom stereocenters. The quantitative estimate of drug-likeness (QED) is 0.239. The number of hydrogen-bond acceptors (Lipinski definition) is 3. The van der Waals surface area contributed by atoms with Gasteiger partial charge in [0.05, 0.1) is 23.7 Å². The molecule has 0 saturated carbocycles. The lowest BCUT2D eigenvalue weighted by Crippen LogP contribution is -2.05. The van der Waals surface area contributed by atoms with E-state index in [0.29, 0.717) is 11.1 Å². The van der Waals surface area contributed by atoms with Gasteiger partial charge >= 0.3 is 12.4 Å². The second-order valence-electron chi connectivity index (χ2n) is 6.81. The standard InChI is InChI=1S/C23H12F6O3/c24-22(25,26)15-5-1-13(2-6-15)17-9-11-31-20(17)19(30)21-18(10-12-32-21)14-3-7-16(8-4-14)23(27,28)29/h1-12H. The molecule has 2 aromatic heterocycles. The molecule has 9 heteroatoms. The minimum atomic E-state index is -4.50. The van der Waals surface area contributed by atoms with Crippen LogP contribution in [0.1, 0.15) is 27.4 Å². The van der Waals surface area contributed by atoms with Crippen molar-refractivity contribution in [3.63, 3.8) is 0 Å². The third kappa shape index (κ3) is 4.05. The largest absolute Gasteiger partial charge is 0.460 e. The van der Waals surface area contributed by atoms with Crippen molar-refractivity contribution in [2.24, 2.45) is 0 Å². The Labute approximate surface area is 176 Å². The van der Waals surface area contributed by atoms with Gasteiger partial charge in [0, 0.05) is 11.1 Å². The lowest BCUT2D eigenvalue weighted by molar-refractivity contribution is -0.138. The van der Waals surface area contributed by atoms with Crippen molar-refractivity contribution in [1.82, 2.24) is 0 Å². The number of furan rings is 2. The summed E-state index contributed by atoms with van der Waals surface area (Å²) in [5, 5.41) is 0. The zero-order valence-corrected chi connectivity index (χ0v) is 15.9. The number of halogens is 6. The molecule has 0 aliphatic carbocycles. The van der Waals surface area contributed by atoms with E-state index < -0.39 is 29.3 Å². The number of benzene rings is 2. The predicted octanol–water partition coefficient (Wildman–Crippen LogP) is 7.48.